The highest BCUT2D eigenvalue weighted by Gasteiger charge is 2.24. The molecular formula is C132H120O2S4. The molecule has 0 aliphatic carbocycles. The van der Waals surface area contributed by atoms with Gasteiger partial charge in [-0.3, -0.25) is 0 Å². The SMILES string of the molecule is CC(C)(C)c1ccc(-c2ccc3sc4ccccc4c3c2)cc1.CC(C)(C)c1ccc(-c2cccc3c2sc2ccccc23)cc1.CC(C)(C)c1ccc2oc3ccc(-c4ccccc4)cc3c2c1.CC(C)(C)c1ccc2sc3ccc(-c4ccccc4)cc3c2c1.CC(C)(C)c1cccc(-c2ccc3oc4ccccc4c3c2)c1.CC(C)(C)c1cccc(-c2ccc3sc4ccccc4c3c2)c1. The number of para-hydroxylation sites is 1. The summed E-state index contributed by atoms with van der Waals surface area (Å²) >= 11 is 7.52. The van der Waals surface area contributed by atoms with Crippen molar-refractivity contribution in [3.63, 3.8) is 0 Å². The zero-order valence-corrected chi connectivity index (χ0v) is 85.8. The van der Waals surface area contributed by atoms with Crippen LogP contribution in [0.4, 0.5) is 0 Å². The van der Waals surface area contributed by atoms with Gasteiger partial charge in [-0.1, -0.05) is 416 Å². The highest BCUT2D eigenvalue weighted by atomic mass is 32.1. The van der Waals surface area contributed by atoms with Crippen LogP contribution < -0.4 is 0 Å². The molecule has 0 saturated carbocycles. The van der Waals surface area contributed by atoms with E-state index in [0.717, 1.165) is 22.3 Å². The monoisotopic (exact) mass is 1860 g/mol. The maximum atomic E-state index is 6.01. The van der Waals surface area contributed by atoms with Crippen LogP contribution in [0.1, 0.15) is 158 Å². The van der Waals surface area contributed by atoms with Crippen molar-refractivity contribution in [3.05, 3.63) is 434 Å². The molecule has 6 heteroatoms. The first kappa shape index (κ1) is 93.5. The summed E-state index contributed by atoms with van der Waals surface area (Å²) in [5, 5.41) is 15.7. The normalized spacial score (nSPS) is 12.1. The molecule has 0 aliphatic heterocycles. The van der Waals surface area contributed by atoms with E-state index in [1.165, 1.54) is 202 Å². The molecule has 0 bridgehead atoms. The third-order valence-electron chi connectivity index (χ3n) is 26.7. The third kappa shape index (κ3) is 20.1. The second kappa shape index (κ2) is 38.1. The van der Waals surface area contributed by atoms with Gasteiger partial charge in [0.1, 0.15) is 22.3 Å². The molecule has 0 atom stereocenters. The van der Waals surface area contributed by atoms with E-state index < -0.39 is 0 Å². The lowest BCUT2D eigenvalue weighted by Gasteiger charge is -2.19. The van der Waals surface area contributed by atoms with Crippen molar-refractivity contribution in [2.45, 2.75) is 157 Å². The van der Waals surface area contributed by atoms with E-state index in [1.807, 2.05) is 63.5 Å². The highest BCUT2D eigenvalue weighted by molar-refractivity contribution is 7.27. The van der Waals surface area contributed by atoms with Crippen molar-refractivity contribution in [3.8, 4) is 66.8 Å². The summed E-state index contributed by atoms with van der Waals surface area (Å²) in [4.78, 5) is 0. The molecule has 24 aromatic rings. The predicted molar refractivity (Wildman–Crippen MR) is 610 cm³/mol. The first-order valence-electron chi connectivity index (χ1n) is 48.3. The fourth-order valence-electron chi connectivity index (χ4n) is 18.4. The Labute approximate surface area is 829 Å². The van der Waals surface area contributed by atoms with Crippen LogP contribution in [0.2, 0.25) is 0 Å². The van der Waals surface area contributed by atoms with Crippen LogP contribution in [0.5, 0.6) is 0 Å². The highest BCUT2D eigenvalue weighted by Crippen LogP contribution is 2.46. The van der Waals surface area contributed by atoms with E-state index in [1.54, 1.807) is 0 Å². The maximum Gasteiger partial charge on any atom is 0.135 e. The molecule has 0 radical (unpaired) electrons. The van der Waals surface area contributed by atoms with Gasteiger partial charge in [0.15, 0.2) is 0 Å². The van der Waals surface area contributed by atoms with Gasteiger partial charge in [0.05, 0.1) is 0 Å². The molecule has 6 heterocycles. The van der Waals surface area contributed by atoms with Gasteiger partial charge in [0, 0.05) is 102 Å². The second-order valence-electron chi connectivity index (χ2n) is 42.8. The summed E-state index contributed by atoms with van der Waals surface area (Å²) in [6.07, 6.45) is 0. The van der Waals surface area contributed by atoms with Gasteiger partial charge < -0.3 is 8.83 Å². The molecule has 0 fully saturated rings. The molecule has 0 spiro atoms. The van der Waals surface area contributed by atoms with Crippen molar-refractivity contribution in [1.29, 1.82) is 0 Å². The molecule has 24 rings (SSSR count). The molecule has 0 amide bonds. The standard InChI is InChI=1S/2C22H20O.4C22H20S/c1-22(2,3)17-8-6-7-15(13-17)16-11-12-21-19(14-16)18-9-4-5-10-20(18)23-21;1-22(2,3)17-10-12-21-19(14-17)18-13-16(9-11-20(18)23-21)15-7-5-4-6-8-15;1-22(2,3)17-8-6-7-15(13-17)16-11-12-21-19(14-16)18-9-4-5-10-20(18)23-21;1-22(2,3)16-13-11-15(12-14-16)17-8-6-9-19-18-7-4-5-10-20(18)23-21(17)19;1-22(2,3)17-11-8-15(9-12-17)16-10-13-21-19(14-16)18-6-4-5-7-20(18)23-21;1-22(2,3)17-10-12-21-19(14-17)18-13-16(9-11-20(18)23-21)15-7-5-4-6-8-15/h6*4-14H,1-3H3. The Morgan fingerprint density at radius 3 is 0.833 bits per heavy atom. The molecule has 2 nitrogen and oxygen atoms in total. The number of thiophene rings is 4. The van der Waals surface area contributed by atoms with Gasteiger partial charge in [0.2, 0.25) is 0 Å². The van der Waals surface area contributed by atoms with E-state index in [0.29, 0.717) is 0 Å². The number of fused-ring (bicyclic) bond motifs is 18. The minimum Gasteiger partial charge on any atom is -0.456 e. The van der Waals surface area contributed by atoms with Crippen LogP contribution in [0.25, 0.3) is 191 Å². The molecule has 18 aromatic carbocycles. The Morgan fingerprint density at radius 1 is 0.145 bits per heavy atom. The van der Waals surface area contributed by atoms with Crippen molar-refractivity contribution in [1.82, 2.24) is 0 Å². The molecule has 684 valence electrons. The molecule has 138 heavy (non-hydrogen) atoms. The zero-order chi connectivity index (χ0) is 96.2. The molecule has 0 aliphatic rings. The quantitative estimate of drug-likeness (QED) is 0.166. The van der Waals surface area contributed by atoms with Gasteiger partial charge in [-0.25, -0.2) is 0 Å². The largest absolute Gasteiger partial charge is 0.456 e. The molecule has 0 unspecified atom stereocenters. The lowest BCUT2D eigenvalue weighted by Crippen LogP contribution is -2.10. The van der Waals surface area contributed by atoms with Crippen LogP contribution in [-0.4, -0.2) is 0 Å². The Balaban J connectivity index is 0.000000106. The van der Waals surface area contributed by atoms with Crippen molar-refractivity contribution in [2.75, 3.05) is 0 Å². The maximum absolute atomic E-state index is 6.01. The first-order valence-corrected chi connectivity index (χ1v) is 51.5. The van der Waals surface area contributed by atoms with Gasteiger partial charge in [0.25, 0.3) is 0 Å². The number of benzene rings is 18. The lowest BCUT2D eigenvalue weighted by atomic mass is 9.85. The topological polar surface area (TPSA) is 26.3 Å². The van der Waals surface area contributed by atoms with Gasteiger partial charge >= 0.3 is 0 Å². The van der Waals surface area contributed by atoms with Crippen molar-refractivity contribution >= 4 is 170 Å². The zero-order valence-electron chi connectivity index (χ0n) is 82.6. The van der Waals surface area contributed by atoms with E-state index in [9.17, 15) is 0 Å². The minimum atomic E-state index is 0.134. The van der Waals surface area contributed by atoms with Gasteiger partial charge in [-0.2, -0.15) is 0 Å². The van der Waals surface area contributed by atoms with Crippen LogP contribution in [0, 0.1) is 0 Å². The molecule has 0 saturated heterocycles. The predicted octanol–water partition coefficient (Wildman–Crippen LogP) is 41.2. The lowest BCUT2D eigenvalue weighted by molar-refractivity contribution is 0.590. The molecule has 0 N–H and O–H groups in total. The van der Waals surface area contributed by atoms with Crippen molar-refractivity contribution in [2.24, 2.45) is 0 Å². The van der Waals surface area contributed by atoms with E-state index >= 15 is 0 Å². The molecular weight excluding hydrogens is 1750 g/mol. The fourth-order valence-corrected chi connectivity index (χ4v) is 22.9. The number of hydrogen-bond acceptors (Lipinski definition) is 6. The number of hydrogen-bond donors (Lipinski definition) is 0. The van der Waals surface area contributed by atoms with Gasteiger partial charge in [-0.05, 0) is 242 Å². The van der Waals surface area contributed by atoms with E-state index in [2.05, 4.69) is 507 Å². The van der Waals surface area contributed by atoms with Crippen LogP contribution >= 0.6 is 45.3 Å². The smallest absolute Gasteiger partial charge is 0.135 e. The van der Waals surface area contributed by atoms with Crippen LogP contribution in [0.3, 0.4) is 0 Å². The Kier molecular flexibility index (Phi) is 25.8. The van der Waals surface area contributed by atoms with Gasteiger partial charge in [-0.15, -0.1) is 45.3 Å². The summed E-state index contributed by atoms with van der Waals surface area (Å²) in [5.74, 6) is 0. The summed E-state index contributed by atoms with van der Waals surface area (Å²) in [7, 11) is 0. The average molecular weight is 1870 g/mol. The Morgan fingerprint density at radius 2 is 0.391 bits per heavy atom. The average Bonchev–Trinajstić information content (AvgIpc) is 1.62. The number of rotatable bonds is 6. The summed E-state index contributed by atoms with van der Waals surface area (Å²) < 4.78 is 22.9. The first-order chi connectivity index (χ1) is 66.1. The van der Waals surface area contributed by atoms with E-state index in [-0.39, 0.29) is 32.5 Å². The summed E-state index contributed by atoms with van der Waals surface area (Å²) in [6.45, 7) is 40.6. The van der Waals surface area contributed by atoms with E-state index in [4.69, 9.17) is 8.83 Å². The summed E-state index contributed by atoms with van der Waals surface area (Å²) in [5.41, 5.74) is 28.4. The van der Waals surface area contributed by atoms with Crippen LogP contribution in [-0.2, 0) is 32.5 Å². The third-order valence-corrected chi connectivity index (χ3v) is 31.4. The molecule has 6 aromatic heterocycles. The number of furan rings is 2. The second-order valence-corrected chi connectivity index (χ2v) is 47.1. The Hall–Kier alpha value is -13.6. The fraction of sp³-hybridized carbons (Fsp3) is 0.182. The minimum absolute atomic E-state index is 0.134. The summed E-state index contributed by atoms with van der Waals surface area (Å²) in [6, 6.07) is 145. The van der Waals surface area contributed by atoms with Crippen LogP contribution in [0.15, 0.2) is 409 Å². The Bertz CT molecular complexity index is 8190. The van der Waals surface area contributed by atoms with Crippen molar-refractivity contribution < 1.29 is 8.83 Å².